The Morgan fingerprint density at radius 1 is 1.38 bits per heavy atom. The van der Waals surface area contributed by atoms with E-state index in [4.69, 9.17) is 9.84 Å². The Hall–Kier alpha value is -1.43. The van der Waals surface area contributed by atoms with Gasteiger partial charge in [-0.15, -0.1) is 0 Å². The number of aliphatic hydroxyl groups excluding tert-OH is 1. The molecule has 0 saturated heterocycles. The van der Waals surface area contributed by atoms with E-state index in [2.05, 4.69) is 0 Å². The summed E-state index contributed by atoms with van der Waals surface area (Å²) in [6.45, 7) is 1.84. The molecule has 0 aliphatic carbocycles. The molecule has 0 radical (unpaired) electrons. The number of phenols is 1. The number of alkyl halides is 3. The summed E-state index contributed by atoms with van der Waals surface area (Å²) in [4.78, 5) is 0. The van der Waals surface area contributed by atoms with Crippen LogP contribution in [0, 0.1) is 0 Å². The van der Waals surface area contributed by atoms with Crippen LogP contribution >= 0.6 is 0 Å². The molecule has 1 rings (SSSR count). The first kappa shape index (κ1) is 12.6. The second-order valence-electron chi connectivity index (χ2n) is 3.10. The topological polar surface area (TPSA) is 49.7 Å². The van der Waals surface area contributed by atoms with E-state index in [0.29, 0.717) is 0 Å². The fourth-order valence-electron chi connectivity index (χ4n) is 1.16. The van der Waals surface area contributed by atoms with Crippen molar-refractivity contribution < 1.29 is 28.1 Å². The van der Waals surface area contributed by atoms with Crippen LogP contribution in [0.25, 0.3) is 0 Å². The third-order valence-electron chi connectivity index (χ3n) is 1.91. The van der Waals surface area contributed by atoms with E-state index >= 15 is 0 Å². The van der Waals surface area contributed by atoms with Gasteiger partial charge in [-0.1, -0.05) is 6.07 Å². The molecule has 6 heteroatoms. The predicted octanol–water partition coefficient (Wildman–Crippen LogP) is 2.39. The highest BCUT2D eigenvalue weighted by atomic mass is 19.4. The second kappa shape index (κ2) is 4.61. The maximum absolute atomic E-state index is 12.2. The van der Waals surface area contributed by atoms with Gasteiger partial charge >= 0.3 is 6.18 Å². The Balaban J connectivity index is 3.03. The molecular weight excluding hydrogens is 225 g/mol. The lowest BCUT2D eigenvalue weighted by Gasteiger charge is -2.16. The predicted molar refractivity (Wildman–Crippen MR) is 50.3 cm³/mol. The smallest absolute Gasteiger partial charge is 0.418 e. The Bertz CT molecular complexity index is 363. The van der Waals surface area contributed by atoms with E-state index in [1.807, 2.05) is 0 Å². The van der Waals surface area contributed by atoms with Crippen LogP contribution in [0.1, 0.15) is 18.6 Å². The third kappa shape index (κ3) is 2.79. The Labute approximate surface area is 90.1 Å². The normalized spacial score (nSPS) is 13.6. The first-order valence-corrected chi connectivity index (χ1v) is 4.56. The SMILES string of the molecule is CCOc1cc([C@@H](O)C(F)(F)F)ccc1O. The zero-order valence-corrected chi connectivity index (χ0v) is 8.45. The van der Waals surface area contributed by atoms with Crippen LogP contribution < -0.4 is 4.74 Å². The van der Waals surface area contributed by atoms with Crippen LogP contribution in [-0.2, 0) is 0 Å². The lowest BCUT2D eigenvalue weighted by atomic mass is 10.1. The Kier molecular flexibility index (Phi) is 3.64. The number of rotatable bonds is 3. The average Bonchev–Trinajstić information content (AvgIpc) is 2.19. The second-order valence-corrected chi connectivity index (χ2v) is 3.10. The minimum atomic E-state index is -4.74. The van der Waals surface area contributed by atoms with Crippen LogP contribution in [0.4, 0.5) is 13.2 Å². The largest absolute Gasteiger partial charge is 0.504 e. The number of hydrogen-bond acceptors (Lipinski definition) is 3. The average molecular weight is 236 g/mol. The number of phenolic OH excluding ortho intramolecular Hbond substituents is 1. The molecule has 0 fully saturated rings. The van der Waals surface area contributed by atoms with Crippen LogP contribution in [0.2, 0.25) is 0 Å². The van der Waals surface area contributed by atoms with Crippen LogP contribution in [0.3, 0.4) is 0 Å². The number of halogens is 3. The highest BCUT2D eigenvalue weighted by molar-refractivity contribution is 5.42. The van der Waals surface area contributed by atoms with Gasteiger partial charge in [0.1, 0.15) is 0 Å². The lowest BCUT2D eigenvalue weighted by molar-refractivity contribution is -0.206. The first-order chi connectivity index (χ1) is 7.36. The molecule has 0 unspecified atom stereocenters. The number of hydrogen-bond donors (Lipinski definition) is 2. The van der Waals surface area contributed by atoms with E-state index in [-0.39, 0.29) is 23.7 Å². The molecule has 0 aliphatic heterocycles. The Morgan fingerprint density at radius 2 is 2.00 bits per heavy atom. The van der Waals surface area contributed by atoms with Crippen molar-refractivity contribution in [2.75, 3.05) is 6.61 Å². The van der Waals surface area contributed by atoms with Crippen molar-refractivity contribution in [3.05, 3.63) is 23.8 Å². The Morgan fingerprint density at radius 3 is 2.50 bits per heavy atom. The fourth-order valence-corrected chi connectivity index (χ4v) is 1.16. The number of aromatic hydroxyl groups is 1. The molecule has 1 aromatic carbocycles. The molecule has 3 nitrogen and oxygen atoms in total. The molecule has 0 amide bonds. The standard InChI is InChI=1S/C10H11F3O3/c1-2-16-8-5-6(3-4-7(8)14)9(15)10(11,12)13/h3-5,9,14-15H,2H2,1H3/t9-/m1/s1. The summed E-state index contributed by atoms with van der Waals surface area (Å²) < 4.78 is 41.5. The number of aliphatic hydroxyl groups is 1. The number of benzene rings is 1. The monoisotopic (exact) mass is 236 g/mol. The summed E-state index contributed by atoms with van der Waals surface area (Å²) in [5, 5.41) is 18.2. The van der Waals surface area contributed by atoms with Crippen molar-refractivity contribution >= 4 is 0 Å². The van der Waals surface area contributed by atoms with Crippen LogP contribution in [-0.4, -0.2) is 23.0 Å². The first-order valence-electron chi connectivity index (χ1n) is 4.56. The molecule has 0 saturated carbocycles. The molecule has 1 aromatic rings. The number of ether oxygens (including phenoxy) is 1. The molecule has 0 heterocycles. The highest BCUT2D eigenvalue weighted by Crippen LogP contribution is 2.36. The highest BCUT2D eigenvalue weighted by Gasteiger charge is 2.39. The van der Waals surface area contributed by atoms with Crippen molar-refractivity contribution in [1.82, 2.24) is 0 Å². The van der Waals surface area contributed by atoms with Gasteiger partial charge in [-0.05, 0) is 24.6 Å². The van der Waals surface area contributed by atoms with E-state index in [0.717, 1.165) is 18.2 Å². The van der Waals surface area contributed by atoms with Gasteiger partial charge in [0.05, 0.1) is 6.61 Å². The molecule has 90 valence electrons. The van der Waals surface area contributed by atoms with Crippen LogP contribution in [0.15, 0.2) is 18.2 Å². The summed E-state index contributed by atoms with van der Waals surface area (Å²) in [6.07, 6.45) is -7.31. The molecule has 2 N–H and O–H groups in total. The molecular formula is C10H11F3O3. The fraction of sp³-hybridized carbons (Fsp3) is 0.400. The van der Waals surface area contributed by atoms with Gasteiger partial charge in [-0.25, -0.2) is 0 Å². The van der Waals surface area contributed by atoms with Crippen molar-refractivity contribution in [3.63, 3.8) is 0 Å². The maximum atomic E-state index is 12.2. The zero-order valence-electron chi connectivity index (χ0n) is 8.45. The summed E-state index contributed by atoms with van der Waals surface area (Å²) in [5.74, 6) is -0.344. The van der Waals surface area contributed by atoms with Gasteiger partial charge in [0.2, 0.25) is 0 Å². The molecule has 0 spiro atoms. The maximum Gasteiger partial charge on any atom is 0.418 e. The van der Waals surface area contributed by atoms with Gasteiger partial charge in [0.25, 0.3) is 0 Å². The molecule has 16 heavy (non-hydrogen) atoms. The van der Waals surface area contributed by atoms with Gasteiger partial charge in [0.15, 0.2) is 17.6 Å². The van der Waals surface area contributed by atoms with E-state index < -0.39 is 12.3 Å². The summed E-state index contributed by atoms with van der Waals surface area (Å²) >= 11 is 0. The van der Waals surface area contributed by atoms with Gasteiger partial charge in [-0.3, -0.25) is 0 Å². The minimum absolute atomic E-state index is 0.0803. The molecule has 0 bridgehead atoms. The van der Waals surface area contributed by atoms with Crippen molar-refractivity contribution in [1.29, 1.82) is 0 Å². The third-order valence-corrected chi connectivity index (χ3v) is 1.91. The summed E-state index contributed by atoms with van der Waals surface area (Å²) in [5.41, 5.74) is -0.367. The minimum Gasteiger partial charge on any atom is -0.504 e. The van der Waals surface area contributed by atoms with Gasteiger partial charge < -0.3 is 14.9 Å². The van der Waals surface area contributed by atoms with Crippen molar-refractivity contribution in [2.45, 2.75) is 19.2 Å². The van der Waals surface area contributed by atoms with Crippen LogP contribution in [0.5, 0.6) is 11.5 Å². The van der Waals surface area contributed by atoms with Crippen molar-refractivity contribution in [2.24, 2.45) is 0 Å². The van der Waals surface area contributed by atoms with E-state index in [1.165, 1.54) is 0 Å². The zero-order chi connectivity index (χ0) is 12.3. The molecule has 0 aliphatic rings. The van der Waals surface area contributed by atoms with Gasteiger partial charge in [-0.2, -0.15) is 13.2 Å². The summed E-state index contributed by atoms with van der Waals surface area (Å²) in [6, 6.07) is 3.02. The van der Waals surface area contributed by atoms with E-state index in [1.54, 1.807) is 6.92 Å². The van der Waals surface area contributed by atoms with Gasteiger partial charge in [0, 0.05) is 0 Å². The molecule has 1 atom stereocenters. The summed E-state index contributed by atoms with van der Waals surface area (Å²) in [7, 11) is 0. The molecule has 0 aromatic heterocycles. The lowest BCUT2D eigenvalue weighted by Crippen LogP contribution is -2.20. The van der Waals surface area contributed by atoms with Crippen molar-refractivity contribution in [3.8, 4) is 11.5 Å². The quantitative estimate of drug-likeness (QED) is 0.847. The van der Waals surface area contributed by atoms with E-state index in [9.17, 15) is 18.3 Å².